The molecule has 0 bridgehead atoms. The monoisotopic (exact) mass is 228 g/mol. The van der Waals surface area contributed by atoms with Crippen molar-refractivity contribution >= 4 is 11.9 Å². The molecule has 2 atom stereocenters. The molecular weight excluding hydrogens is 208 g/mol. The van der Waals surface area contributed by atoms with Crippen molar-refractivity contribution in [3.05, 3.63) is 0 Å². The number of nitrogens with one attached hydrogen (secondary N) is 1. The Bertz CT molecular complexity index is 260. The minimum Gasteiger partial charge on any atom is -0.480 e. The molecule has 1 aliphatic carbocycles. The van der Waals surface area contributed by atoms with Gasteiger partial charge in [0.25, 0.3) is 0 Å². The number of hydrogen-bond donors (Lipinski definition) is 3. The van der Waals surface area contributed by atoms with Gasteiger partial charge in [-0.05, 0) is 31.2 Å². The quantitative estimate of drug-likeness (QED) is 0.586. The summed E-state index contributed by atoms with van der Waals surface area (Å²) in [4.78, 5) is 22.5. The lowest BCUT2D eigenvalue weighted by atomic mass is 10.0. The molecule has 1 saturated carbocycles. The zero-order valence-corrected chi connectivity index (χ0v) is 9.61. The summed E-state index contributed by atoms with van der Waals surface area (Å²) in [5, 5.41) is 11.5. The lowest BCUT2D eigenvalue weighted by Crippen LogP contribution is -2.43. The van der Waals surface area contributed by atoms with E-state index in [-0.39, 0.29) is 17.7 Å². The number of aliphatic carboxylic acids is 1. The van der Waals surface area contributed by atoms with E-state index in [9.17, 15) is 9.59 Å². The van der Waals surface area contributed by atoms with E-state index in [1.807, 2.05) is 6.92 Å². The van der Waals surface area contributed by atoms with Crippen LogP contribution in [-0.4, -0.2) is 29.6 Å². The van der Waals surface area contributed by atoms with Gasteiger partial charge in [-0.15, -0.1) is 0 Å². The number of rotatable bonds is 7. The highest BCUT2D eigenvalue weighted by Crippen LogP contribution is 2.32. The Labute approximate surface area is 95.4 Å². The molecule has 16 heavy (non-hydrogen) atoms. The second kappa shape index (κ2) is 5.84. The van der Waals surface area contributed by atoms with Crippen LogP contribution in [0.5, 0.6) is 0 Å². The molecule has 1 amide bonds. The van der Waals surface area contributed by atoms with Gasteiger partial charge >= 0.3 is 5.97 Å². The summed E-state index contributed by atoms with van der Waals surface area (Å²) in [5.41, 5.74) is 5.50. The molecule has 4 N–H and O–H groups in total. The fraction of sp³-hybridized carbons (Fsp3) is 0.818. The molecule has 0 saturated heterocycles. The molecule has 1 fully saturated rings. The van der Waals surface area contributed by atoms with Gasteiger partial charge in [-0.1, -0.05) is 13.3 Å². The summed E-state index contributed by atoms with van der Waals surface area (Å²) in [6, 6.07) is -0.706. The summed E-state index contributed by atoms with van der Waals surface area (Å²) in [5.74, 6) is -0.860. The van der Waals surface area contributed by atoms with Crippen LogP contribution in [0.4, 0.5) is 0 Å². The standard InChI is InChI=1S/C11H20N2O3/c1-2-7(6-12)5-9(14)13-10(11(15)16)8-3-4-8/h7-8,10H,2-6,12H2,1H3,(H,13,14)(H,15,16). The molecule has 0 aliphatic heterocycles. The zero-order valence-electron chi connectivity index (χ0n) is 9.61. The summed E-state index contributed by atoms with van der Waals surface area (Å²) in [6.45, 7) is 2.44. The van der Waals surface area contributed by atoms with E-state index in [1.165, 1.54) is 0 Å². The molecule has 5 nitrogen and oxygen atoms in total. The molecule has 0 aromatic heterocycles. The van der Waals surface area contributed by atoms with Gasteiger partial charge in [-0.2, -0.15) is 0 Å². The van der Waals surface area contributed by atoms with E-state index in [2.05, 4.69) is 5.32 Å². The van der Waals surface area contributed by atoms with Crippen molar-refractivity contribution < 1.29 is 14.7 Å². The Morgan fingerprint density at radius 2 is 2.12 bits per heavy atom. The van der Waals surface area contributed by atoms with Crippen LogP contribution >= 0.6 is 0 Å². The molecule has 0 aromatic carbocycles. The number of carbonyl (C=O) groups is 2. The highest BCUT2D eigenvalue weighted by Gasteiger charge is 2.37. The Morgan fingerprint density at radius 1 is 1.50 bits per heavy atom. The van der Waals surface area contributed by atoms with E-state index in [1.54, 1.807) is 0 Å². The first-order valence-corrected chi connectivity index (χ1v) is 5.80. The smallest absolute Gasteiger partial charge is 0.326 e. The number of carbonyl (C=O) groups excluding carboxylic acids is 1. The van der Waals surface area contributed by atoms with Crippen LogP contribution in [0, 0.1) is 11.8 Å². The first kappa shape index (κ1) is 13.0. The minimum absolute atomic E-state index is 0.124. The number of carboxylic acid groups (broad SMARTS) is 1. The minimum atomic E-state index is -0.934. The Balaban J connectivity index is 2.39. The van der Waals surface area contributed by atoms with Crippen molar-refractivity contribution in [3.63, 3.8) is 0 Å². The molecule has 0 radical (unpaired) electrons. The third-order valence-corrected chi connectivity index (χ3v) is 3.06. The van der Waals surface area contributed by atoms with E-state index >= 15 is 0 Å². The zero-order chi connectivity index (χ0) is 12.1. The molecule has 0 spiro atoms. The SMILES string of the molecule is CCC(CN)CC(=O)NC(C(=O)O)C1CC1. The summed E-state index contributed by atoms with van der Waals surface area (Å²) >= 11 is 0. The van der Waals surface area contributed by atoms with Crippen molar-refractivity contribution in [1.82, 2.24) is 5.32 Å². The van der Waals surface area contributed by atoms with Crippen LogP contribution in [0.25, 0.3) is 0 Å². The third-order valence-electron chi connectivity index (χ3n) is 3.06. The molecule has 2 unspecified atom stereocenters. The van der Waals surface area contributed by atoms with Gasteiger partial charge in [0.1, 0.15) is 6.04 Å². The fourth-order valence-electron chi connectivity index (χ4n) is 1.70. The lowest BCUT2D eigenvalue weighted by molar-refractivity contribution is -0.142. The van der Waals surface area contributed by atoms with Crippen molar-refractivity contribution in [2.45, 2.75) is 38.6 Å². The van der Waals surface area contributed by atoms with Gasteiger partial charge in [-0.25, -0.2) is 4.79 Å². The van der Waals surface area contributed by atoms with E-state index in [4.69, 9.17) is 10.8 Å². The molecular formula is C11H20N2O3. The van der Waals surface area contributed by atoms with Crippen molar-refractivity contribution in [3.8, 4) is 0 Å². The van der Waals surface area contributed by atoms with Crippen LogP contribution in [0.3, 0.4) is 0 Å². The maximum atomic E-state index is 11.6. The number of nitrogens with two attached hydrogens (primary N) is 1. The number of carboxylic acids is 1. The van der Waals surface area contributed by atoms with Crippen molar-refractivity contribution in [2.75, 3.05) is 6.54 Å². The van der Waals surface area contributed by atoms with E-state index < -0.39 is 12.0 Å². The first-order valence-electron chi connectivity index (χ1n) is 5.80. The Morgan fingerprint density at radius 3 is 2.50 bits per heavy atom. The average Bonchev–Trinajstić information content (AvgIpc) is 3.05. The lowest BCUT2D eigenvalue weighted by Gasteiger charge is -2.16. The molecule has 0 heterocycles. The van der Waals surface area contributed by atoms with Gasteiger partial charge in [-0.3, -0.25) is 4.79 Å². The molecule has 5 heteroatoms. The highest BCUT2D eigenvalue weighted by atomic mass is 16.4. The summed E-state index contributed by atoms with van der Waals surface area (Å²) < 4.78 is 0. The topological polar surface area (TPSA) is 92.4 Å². The maximum absolute atomic E-state index is 11.6. The van der Waals surface area contributed by atoms with Crippen molar-refractivity contribution in [2.24, 2.45) is 17.6 Å². The Kier molecular flexibility index (Phi) is 4.73. The number of amides is 1. The number of hydrogen-bond acceptors (Lipinski definition) is 3. The molecule has 0 aromatic rings. The van der Waals surface area contributed by atoms with Crippen LogP contribution in [-0.2, 0) is 9.59 Å². The molecule has 92 valence electrons. The molecule has 1 rings (SSSR count). The fourth-order valence-corrected chi connectivity index (χ4v) is 1.70. The van der Waals surface area contributed by atoms with Gasteiger partial charge in [0, 0.05) is 6.42 Å². The second-order valence-electron chi connectivity index (χ2n) is 4.43. The van der Waals surface area contributed by atoms with Crippen LogP contribution in [0.2, 0.25) is 0 Å². The maximum Gasteiger partial charge on any atom is 0.326 e. The van der Waals surface area contributed by atoms with E-state index in [0.29, 0.717) is 13.0 Å². The van der Waals surface area contributed by atoms with Gasteiger partial charge in [0.05, 0.1) is 0 Å². The highest BCUT2D eigenvalue weighted by molar-refractivity contribution is 5.84. The van der Waals surface area contributed by atoms with Crippen LogP contribution in [0.1, 0.15) is 32.6 Å². The van der Waals surface area contributed by atoms with Crippen LogP contribution in [0.15, 0.2) is 0 Å². The second-order valence-corrected chi connectivity index (χ2v) is 4.43. The first-order chi connectivity index (χ1) is 7.58. The van der Waals surface area contributed by atoms with Crippen molar-refractivity contribution in [1.29, 1.82) is 0 Å². The average molecular weight is 228 g/mol. The van der Waals surface area contributed by atoms with Crippen LogP contribution < -0.4 is 11.1 Å². The molecule has 1 aliphatic rings. The van der Waals surface area contributed by atoms with Gasteiger partial charge < -0.3 is 16.2 Å². The Hall–Kier alpha value is -1.10. The normalized spacial score (nSPS) is 18.9. The van der Waals surface area contributed by atoms with Gasteiger partial charge in [0.15, 0.2) is 0 Å². The summed E-state index contributed by atoms with van der Waals surface area (Å²) in [6.07, 6.45) is 2.95. The predicted octanol–water partition coefficient (Wildman–Crippen LogP) is 0.341. The largest absolute Gasteiger partial charge is 0.480 e. The van der Waals surface area contributed by atoms with E-state index in [0.717, 1.165) is 19.3 Å². The summed E-state index contributed by atoms with van der Waals surface area (Å²) in [7, 11) is 0. The third kappa shape index (κ3) is 3.81. The predicted molar refractivity (Wildman–Crippen MR) is 59.7 cm³/mol. The van der Waals surface area contributed by atoms with Gasteiger partial charge in [0.2, 0.25) is 5.91 Å².